The minimum absolute atomic E-state index is 0.0417. The number of halogens is 1. The number of pyridine rings is 1. The van der Waals surface area contributed by atoms with Gasteiger partial charge in [0.25, 0.3) is 0 Å². The van der Waals surface area contributed by atoms with Gasteiger partial charge < -0.3 is 15.1 Å². The molecular weight excluding hydrogens is 371 g/mol. The Kier molecular flexibility index (Phi) is 6.03. The Hall–Kier alpha value is -2.55. The van der Waals surface area contributed by atoms with Gasteiger partial charge in [0.1, 0.15) is 11.6 Å². The summed E-state index contributed by atoms with van der Waals surface area (Å²) in [7, 11) is 2.13. The Morgan fingerprint density at radius 3 is 2.62 bits per heavy atom. The number of hydrogen-bond acceptors (Lipinski definition) is 6. The topological polar surface area (TPSA) is 72.5 Å². The number of piperazine rings is 1. The highest BCUT2D eigenvalue weighted by atomic mass is 19.1. The van der Waals surface area contributed by atoms with E-state index in [4.69, 9.17) is 0 Å². The van der Waals surface area contributed by atoms with Gasteiger partial charge >= 0.3 is 0 Å². The maximum atomic E-state index is 13.2. The summed E-state index contributed by atoms with van der Waals surface area (Å²) in [5, 5.41) is 3.00. The smallest absolute Gasteiger partial charge is 0.226 e. The molecule has 3 N–H and O–H groups in total. The molecule has 2 unspecified atom stereocenters. The minimum Gasteiger partial charge on any atom is -0.354 e. The van der Waals surface area contributed by atoms with Crippen molar-refractivity contribution in [3.8, 4) is 0 Å². The number of nitrogens with zero attached hydrogens (tertiary/aromatic N) is 3. The standard InChI is InChI=1S/C21H27FN6O/c1-27-8-10-28(11-9-27)19-7-2-15(12-23-19)13-24-21(29)18-14-25-26-20(18)16-3-5-17(22)6-4-16/h2-7,12,18,20,25-26H,8-11,13-14H2,1H3,(H,24,29). The van der Waals surface area contributed by atoms with Crippen LogP contribution in [-0.2, 0) is 11.3 Å². The van der Waals surface area contributed by atoms with Crippen LogP contribution in [0.15, 0.2) is 42.6 Å². The second kappa shape index (κ2) is 8.86. The Bertz CT molecular complexity index is 820. The van der Waals surface area contributed by atoms with Crippen LogP contribution in [0, 0.1) is 11.7 Å². The van der Waals surface area contributed by atoms with Crippen molar-refractivity contribution in [1.29, 1.82) is 0 Å². The fourth-order valence-corrected chi connectivity index (χ4v) is 3.79. The molecule has 1 amide bonds. The maximum absolute atomic E-state index is 13.2. The molecule has 0 saturated carbocycles. The van der Waals surface area contributed by atoms with E-state index in [-0.39, 0.29) is 23.7 Å². The molecule has 1 aromatic carbocycles. The summed E-state index contributed by atoms with van der Waals surface area (Å²) >= 11 is 0. The molecule has 154 valence electrons. The zero-order valence-corrected chi connectivity index (χ0v) is 16.6. The number of rotatable bonds is 5. The Morgan fingerprint density at radius 1 is 1.17 bits per heavy atom. The fraction of sp³-hybridized carbons (Fsp3) is 0.429. The molecule has 2 fully saturated rings. The number of anilines is 1. The molecule has 1 aromatic heterocycles. The van der Waals surface area contributed by atoms with Crippen LogP contribution in [-0.4, -0.2) is 55.6 Å². The normalized spacial score (nSPS) is 22.6. The highest BCUT2D eigenvalue weighted by Gasteiger charge is 2.33. The lowest BCUT2D eigenvalue weighted by Crippen LogP contribution is -2.44. The van der Waals surface area contributed by atoms with Crippen molar-refractivity contribution >= 4 is 11.7 Å². The Labute approximate surface area is 170 Å². The van der Waals surface area contributed by atoms with Gasteiger partial charge in [-0.05, 0) is 36.4 Å². The number of aromatic nitrogens is 1. The van der Waals surface area contributed by atoms with E-state index >= 15 is 0 Å². The number of benzene rings is 1. The summed E-state index contributed by atoms with van der Waals surface area (Å²) < 4.78 is 13.2. The van der Waals surface area contributed by atoms with E-state index < -0.39 is 0 Å². The number of carbonyl (C=O) groups is 1. The third kappa shape index (κ3) is 4.72. The van der Waals surface area contributed by atoms with Gasteiger partial charge in [-0.2, -0.15) is 0 Å². The minimum atomic E-state index is -0.284. The predicted molar refractivity (Wildman–Crippen MR) is 110 cm³/mol. The summed E-state index contributed by atoms with van der Waals surface area (Å²) in [5.41, 5.74) is 8.00. The molecule has 0 spiro atoms. The van der Waals surface area contributed by atoms with Crippen LogP contribution in [0.2, 0.25) is 0 Å². The van der Waals surface area contributed by atoms with Gasteiger partial charge in [-0.1, -0.05) is 18.2 Å². The number of hydrazine groups is 1. The lowest BCUT2D eigenvalue weighted by molar-refractivity contribution is -0.125. The van der Waals surface area contributed by atoms with E-state index in [9.17, 15) is 9.18 Å². The van der Waals surface area contributed by atoms with Crippen molar-refractivity contribution in [3.63, 3.8) is 0 Å². The van der Waals surface area contributed by atoms with Crippen molar-refractivity contribution < 1.29 is 9.18 Å². The molecule has 0 aliphatic carbocycles. The molecule has 2 aliphatic rings. The highest BCUT2D eigenvalue weighted by Crippen LogP contribution is 2.25. The van der Waals surface area contributed by atoms with Crippen molar-refractivity contribution in [2.75, 3.05) is 44.7 Å². The quantitative estimate of drug-likeness (QED) is 0.700. The van der Waals surface area contributed by atoms with E-state index in [2.05, 4.69) is 38.0 Å². The zero-order chi connectivity index (χ0) is 20.2. The zero-order valence-electron chi connectivity index (χ0n) is 16.6. The van der Waals surface area contributed by atoms with Crippen LogP contribution in [0.3, 0.4) is 0 Å². The van der Waals surface area contributed by atoms with E-state index in [0.717, 1.165) is 43.1 Å². The predicted octanol–water partition coefficient (Wildman–Crippen LogP) is 1.05. The second-order valence-electron chi connectivity index (χ2n) is 7.69. The molecule has 0 bridgehead atoms. The first kappa shape index (κ1) is 19.8. The number of likely N-dealkylation sites (N-methyl/N-ethyl adjacent to an activating group) is 1. The first-order valence-electron chi connectivity index (χ1n) is 10.00. The largest absolute Gasteiger partial charge is 0.354 e. The molecule has 29 heavy (non-hydrogen) atoms. The van der Waals surface area contributed by atoms with Gasteiger partial charge in [0.05, 0.1) is 12.0 Å². The summed E-state index contributed by atoms with van der Waals surface area (Å²) in [5.74, 6) is 0.389. The van der Waals surface area contributed by atoms with Crippen molar-refractivity contribution in [3.05, 3.63) is 59.5 Å². The summed E-state index contributed by atoms with van der Waals surface area (Å²) in [6, 6.07) is 10.1. The average Bonchev–Trinajstić information content (AvgIpc) is 3.23. The van der Waals surface area contributed by atoms with E-state index in [1.807, 2.05) is 18.3 Å². The first-order valence-corrected chi connectivity index (χ1v) is 10.00. The van der Waals surface area contributed by atoms with Crippen LogP contribution < -0.4 is 21.1 Å². The lowest BCUT2D eigenvalue weighted by Gasteiger charge is -2.33. The lowest BCUT2D eigenvalue weighted by atomic mass is 9.94. The monoisotopic (exact) mass is 398 g/mol. The number of amides is 1. The Morgan fingerprint density at radius 2 is 1.93 bits per heavy atom. The SMILES string of the molecule is CN1CCN(c2ccc(CNC(=O)C3CNNC3c3ccc(F)cc3)cn2)CC1. The van der Waals surface area contributed by atoms with Crippen molar-refractivity contribution in [1.82, 2.24) is 26.1 Å². The highest BCUT2D eigenvalue weighted by molar-refractivity contribution is 5.80. The molecule has 2 atom stereocenters. The van der Waals surface area contributed by atoms with E-state index in [1.54, 1.807) is 12.1 Å². The summed E-state index contributed by atoms with van der Waals surface area (Å²) in [6.45, 7) is 4.99. The van der Waals surface area contributed by atoms with Crippen LogP contribution in [0.4, 0.5) is 10.2 Å². The third-order valence-electron chi connectivity index (χ3n) is 5.65. The number of carbonyl (C=O) groups excluding carboxylic acids is 1. The molecule has 3 heterocycles. The summed E-state index contributed by atoms with van der Waals surface area (Å²) in [4.78, 5) is 21.9. The van der Waals surface area contributed by atoms with Gasteiger partial charge in [0.2, 0.25) is 5.91 Å². The molecule has 7 nitrogen and oxygen atoms in total. The van der Waals surface area contributed by atoms with E-state index in [1.165, 1.54) is 12.1 Å². The van der Waals surface area contributed by atoms with Crippen molar-refractivity contribution in [2.45, 2.75) is 12.6 Å². The van der Waals surface area contributed by atoms with Crippen LogP contribution in [0.1, 0.15) is 17.2 Å². The van der Waals surface area contributed by atoms with Gasteiger partial charge in [-0.15, -0.1) is 0 Å². The summed E-state index contributed by atoms with van der Waals surface area (Å²) in [6.07, 6.45) is 1.83. The van der Waals surface area contributed by atoms with Crippen LogP contribution in [0.5, 0.6) is 0 Å². The molecular formula is C21H27FN6O. The molecule has 2 aliphatic heterocycles. The molecule has 0 radical (unpaired) electrons. The number of nitrogens with one attached hydrogen (secondary N) is 3. The van der Waals surface area contributed by atoms with Crippen LogP contribution in [0.25, 0.3) is 0 Å². The van der Waals surface area contributed by atoms with Crippen molar-refractivity contribution in [2.24, 2.45) is 5.92 Å². The molecule has 2 aromatic rings. The molecule has 8 heteroatoms. The van der Waals surface area contributed by atoms with Gasteiger partial charge in [-0.25, -0.2) is 14.8 Å². The third-order valence-corrected chi connectivity index (χ3v) is 5.65. The van der Waals surface area contributed by atoms with Crippen LogP contribution >= 0.6 is 0 Å². The molecule has 4 rings (SSSR count). The van der Waals surface area contributed by atoms with E-state index in [0.29, 0.717) is 13.1 Å². The fourth-order valence-electron chi connectivity index (χ4n) is 3.79. The van der Waals surface area contributed by atoms with Gasteiger partial charge in [0.15, 0.2) is 0 Å². The maximum Gasteiger partial charge on any atom is 0.226 e. The molecule has 2 saturated heterocycles. The first-order chi connectivity index (χ1) is 14.1. The van der Waals surface area contributed by atoms with Gasteiger partial charge in [0, 0.05) is 45.5 Å². The second-order valence-corrected chi connectivity index (χ2v) is 7.69. The Balaban J connectivity index is 1.32. The van der Waals surface area contributed by atoms with Gasteiger partial charge in [-0.3, -0.25) is 10.2 Å². The average molecular weight is 398 g/mol. The number of hydrogen-bond donors (Lipinski definition) is 3.